The predicted molar refractivity (Wildman–Crippen MR) is 65.7 cm³/mol. The first-order valence-electron chi connectivity index (χ1n) is 5.71. The summed E-state index contributed by atoms with van der Waals surface area (Å²) in [6, 6.07) is 2.15. The largest absolute Gasteiger partial charge is 0.362 e. The Morgan fingerprint density at radius 2 is 2.28 bits per heavy atom. The Balaban J connectivity index is 2.19. The highest BCUT2D eigenvalue weighted by Crippen LogP contribution is 2.17. The van der Waals surface area contributed by atoms with E-state index in [9.17, 15) is 0 Å². The molecule has 0 spiro atoms. The van der Waals surface area contributed by atoms with Gasteiger partial charge in [-0.1, -0.05) is 0 Å². The number of aryl methyl sites for hydroxylation is 3. The van der Waals surface area contributed by atoms with Crippen LogP contribution >= 0.6 is 0 Å². The van der Waals surface area contributed by atoms with Gasteiger partial charge in [-0.05, 0) is 13.8 Å². The van der Waals surface area contributed by atoms with E-state index < -0.39 is 0 Å². The SMILES string of the molecule is CCn1cnnc1CNc1c(C#N)c(C)nn1C. The number of hydrogen-bond acceptors (Lipinski definition) is 5. The van der Waals surface area contributed by atoms with Crippen molar-refractivity contribution >= 4 is 5.82 Å². The fourth-order valence-electron chi connectivity index (χ4n) is 1.84. The highest BCUT2D eigenvalue weighted by molar-refractivity contribution is 5.54. The molecule has 7 heteroatoms. The van der Waals surface area contributed by atoms with Crippen LogP contribution < -0.4 is 5.32 Å². The number of nitriles is 1. The standard InChI is InChI=1S/C11H15N7/c1-4-18-7-14-15-10(18)6-13-11-9(5-12)8(2)16-17(11)3/h7,13H,4,6H2,1-3H3. The molecule has 1 N–H and O–H groups in total. The molecule has 2 aromatic rings. The molecule has 2 aromatic heterocycles. The Hall–Kier alpha value is -2.36. The van der Waals surface area contributed by atoms with E-state index in [1.807, 2.05) is 18.4 Å². The Morgan fingerprint density at radius 3 is 2.94 bits per heavy atom. The maximum atomic E-state index is 9.09. The molecule has 94 valence electrons. The smallest absolute Gasteiger partial charge is 0.152 e. The van der Waals surface area contributed by atoms with Gasteiger partial charge in [0.2, 0.25) is 0 Å². The molecule has 0 amide bonds. The number of aromatic nitrogens is 5. The second-order valence-corrected chi connectivity index (χ2v) is 3.93. The van der Waals surface area contributed by atoms with Gasteiger partial charge < -0.3 is 9.88 Å². The normalized spacial score (nSPS) is 10.3. The van der Waals surface area contributed by atoms with Crippen LogP contribution in [0.5, 0.6) is 0 Å². The van der Waals surface area contributed by atoms with Gasteiger partial charge >= 0.3 is 0 Å². The lowest BCUT2D eigenvalue weighted by Crippen LogP contribution is -2.10. The van der Waals surface area contributed by atoms with Crippen LogP contribution in [0.1, 0.15) is 24.0 Å². The van der Waals surface area contributed by atoms with Crippen molar-refractivity contribution < 1.29 is 0 Å². The van der Waals surface area contributed by atoms with Crippen molar-refractivity contribution in [3.05, 3.63) is 23.4 Å². The van der Waals surface area contributed by atoms with E-state index in [0.29, 0.717) is 17.9 Å². The fourth-order valence-corrected chi connectivity index (χ4v) is 1.84. The quantitative estimate of drug-likeness (QED) is 0.862. The average molecular weight is 245 g/mol. The number of rotatable bonds is 4. The predicted octanol–water partition coefficient (Wildman–Crippen LogP) is 0.824. The molecule has 0 aliphatic heterocycles. The van der Waals surface area contributed by atoms with E-state index in [-0.39, 0.29) is 0 Å². The molecular formula is C11H15N7. The van der Waals surface area contributed by atoms with Gasteiger partial charge in [0.25, 0.3) is 0 Å². The monoisotopic (exact) mass is 245 g/mol. The maximum absolute atomic E-state index is 9.09. The average Bonchev–Trinajstić information content (AvgIpc) is 2.90. The van der Waals surface area contributed by atoms with Crippen LogP contribution in [0.4, 0.5) is 5.82 Å². The summed E-state index contributed by atoms with van der Waals surface area (Å²) in [5.41, 5.74) is 1.29. The molecule has 0 atom stereocenters. The highest BCUT2D eigenvalue weighted by Gasteiger charge is 2.13. The minimum atomic E-state index is 0.515. The minimum Gasteiger partial charge on any atom is -0.362 e. The summed E-state index contributed by atoms with van der Waals surface area (Å²) in [6.07, 6.45) is 1.69. The molecule has 2 rings (SSSR count). The summed E-state index contributed by atoms with van der Waals surface area (Å²) in [4.78, 5) is 0. The van der Waals surface area contributed by atoms with Gasteiger partial charge in [-0.2, -0.15) is 10.4 Å². The zero-order chi connectivity index (χ0) is 13.1. The number of nitrogens with zero attached hydrogens (tertiary/aromatic N) is 6. The summed E-state index contributed by atoms with van der Waals surface area (Å²) in [7, 11) is 1.81. The summed E-state index contributed by atoms with van der Waals surface area (Å²) in [6.45, 7) is 5.18. The third kappa shape index (κ3) is 2.05. The topological polar surface area (TPSA) is 84.3 Å². The van der Waals surface area contributed by atoms with Crippen molar-refractivity contribution in [1.29, 1.82) is 5.26 Å². The Bertz CT molecular complexity index is 587. The molecule has 7 nitrogen and oxygen atoms in total. The lowest BCUT2D eigenvalue weighted by atomic mass is 10.2. The summed E-state index contributed by atoms with van der Waals surface area (Å²) >= 11 is 0. The van der Waals surface area contributed by atoms with E-state index in [0.717, 1.165) is 18.1 Å². The van der Waals surface area contributed by atoms with Crippen molar-refractivity contribution in [2.45, 2.75) is 26.9 Å². The van der Waals surface area contributed by atoms with Crippen LogP contribution in [-0.4, -0.2) is 24.5 Å². The molecule has 18 heavy (non-hydrogen) atoms. The van der Waals surface area contributed by atoms with E-state index >= 15 is 0 Å². The fraction of sp³-hybridized carbons (Fsp3) is 0.455. The maximum Gasteiger partial charge on any atom is 0.152 e. The van der Waals surface area contributed by atoms with Gasteiger partial charge in [-0.3, -0.25) is 4.68 Å². The first kappa shape index (κ1) is 12.1. The van der Waals surface area contributed by atoms with Gasteiger partial charge in [-0.15, -0.1) is 10.2 Å². The zero-order valence-electron chi connectivity index (χ0n) is 10.7. The Kier molecular flexibility index (Phi) is 3.28. The Labute approximate surface area is 105 Å². The van der Waals surface area contributed by atoms with Crippen LogP contribution in [0.15, 0.2) is 6.33 Å². The molecule has 2 heterocycles. The molecule has 0 saturated carbocycles. The molecule has 0 unspecified atom stereocenters. The molecule has 0 aliphatic carbocycles. The van der Waals surface area contributed by atoms with Gasteiger partial charge in [0.1, 0.15) is 23.8 Å². The lowest BCUT2D eigenvalue weighted by Gasteiger charge is -2.07. The van der Waals surface area contributed by atoms with E-state index in [1.54, 1.807) is 18.1 Å². The van der Waals surface area contributed by atoms with E-state index in [1.165, 1.54) is 0 Å². The van der Waals surface area contributed by atoms with Crippen LogP contribution in [0.2, 0.25) is 0 Å². The molecule has 0 saturated heterocycles. The summed E-state index contributed by atoms with van der Waals surface area (Å²) < 4.78 is 3.61. The second kappa shape index (κ2) is 4.87. The van der Waals surface area contributed by atoms with Crippen molar-refractivity contribution in [3.8, 4) is 6.07 Å². The third-order valence-corrected chi connectivity index (χ3v) is 2.78. The van der Waals surface area contributed by atoms with Crippen LogP contribution in [0.3, 0.4) is 0 Å². The van der Waals surface area contributed by atoms with E-state index in [4.69, 9.17) is 5.26 Å². The molecule has 0 aromatic carbocycles. The molecule has 0 bridgehead atoms. The van der Waals surface area contributed by atoms with Crippen LogP contribution in [-0.2, 0) is 20.1 Å². The summed E-state index contributed by atoms with van der Waals surface area (Å²) in [5.74, 6) is 1.54. The molecular weight excluding hydrogens is 230 g/mol. The first-order valence-corrected chi connectivity index (χ1v) is 5.71. The van der Waals surface area contributed by atoms with Crippen molar-refractivity contribution in [2.24, 2.45) is 7.05 Å². The minimum absolute atomic E-state index is 0.515. The highest BCUT2D eigenvalue weighted by atomic mass is 15.3. The number of anilines is 1. The van der Waals surface area contributed by atoms with Crippen molar-refractivity contribution in [3.63, 3.8) is 0 Å². The van der Waals surface area contributed by atoms with Gasteiger partial charge in [0, 0.05) is 13.6 Å². The molecule has 0 radical (unpaired) electrons. The van der Waals surface area contributed by atoms with Gasteiger partial charge in [0.05, 0.1) is 12.2 Å². The number of hydrogen-bond donors (Lipinski definition) is 1. The van der Waals surface area contributed by atoms with E-state index in [2.05, 4.69) is 26.7 Å². The number of nitrogens with one attached hydrogen (secondary N) is 1. The molecule has 0 fully saturated rings. The molecule has 0 aliphatic rings. The zero-order valence-corrected chi connectivity index (χ0v) is 10.7. The van der Waals surface area contributed by atoms with Crippen LogP contribution in [0.25, 0.3) is 0 Å². The van der Waals surface area contributed by atoms with Gasteiger partial charge in [-0.25, -0.2) is 0 Å². The van der Waals surface area contributed by atoms with Gasteiger partial charge in [0.15, 0.2) is 5.82 Å². The lowest BCUT2D eigenvalue weighted by molar-refractivity contribution is 0.700. The Morgan fingerprint density at radius 1 is 1.50 bits per heavy atom. The van der Waals surface area contributed by atoms with Crippen molar-refractivity contribution in [1.82, 2.24) is 24.5 Å². The second-order valence-electron chi connectivity index (χ2n) is 3.93. The van der Waals surface area contributed by atoms with Crippen molar-refractivity contribution in [2.75, 3.05) is 5.32 Å². The first-order chi connectivity index (χ1) is 8.67. The summed E-state index contributed by atoms with van der Waals surface area (Å²) in [5, 5.41) is 24.4. The third-order valence-electron chi connectivity index (χ3n) is 2.78. The van der Waals surface area contributed by atoms with Crippen LogP contribution in [0, 0.1) is 18.3 Å².